The summed E-state index contributed by atoms with van der Waals surface area (Å²) in [4.78, 5) is 65.4. The molecule has 0 spiro atoms. The Labute approximate surface area is 272 Å². The molecule has 2 aliphatic carbocycles. The summed E-state index contributed by atoms with van der Waals surface area (Å²) in [5, 5.41) is 24.1. The first-order chi connectivity index (χ1) is 21.5. The third-order valence-corrected chi connectivity index (χ3v) is 9.98. The zero-order valence-corrected chi connectivity index (χ0v) is 28.6. The van der Waals surface area contributed by atoms with Crippen molar-refractivity contribution in [1.29, 1.82) is 0 Å². The molecule has 258 valence electrons. The highest BCUT2D eigenvalue weighted by atomic mass is 16.6. The Bertz CT molecular complexity index is 1260. The van der Waals surface area contributed by atoms with E-state index in [4.69, 9.17) is 18.9 Å². The predicted octanol–water partition coefficient (Wildman–Crippen LogP) is 4.59. The van der Waals surface area contributed by atoms with Gasteiger partial charge in [-0.05, 0) is 65.0 Å². The van der Waals surface area contributed by atoms with E-state index in [1.54, 1.807) is 33.8 Å². The van der Waals surface area contributed by atoms with Crippen molar-refractivity contribution in [3.05, 3.63) is 22.8 Å². The van der Waals surface area contributed by atoms with Gasteiger partial charge in [-0.3, -0.25) is 14.4 Å². The van der Waals surface area contributed by atoms with Crippen LogP contribution in [0, 0.1) is 11.8 Å². The second-order valence-corrected chi connectivity index (χ2v) is 13.5. The maximum absolute atomic E-state index is 13.4. The molecule has 0 bridgehead atoms. The average Bonchev–Trinajstić information content (AvgIpc) is 3.30. The van der Waals surface area contributed by atoms with Gasteiger partial charge in [-0.1, -0.05) is 45.6 Å². The monoisotopic (exact) mass is 648 g/mol. The summed E-state index contributed by atoms with van der Waals surface area (Å²) >= 11 is 0. The molecule has 2 fully saturated rings. The van der Waals surface area contributed by atoms with Gasteiger partial charge >= 0.3 is 23.9 Å². The van der Waals surface area contributed by atoms with E-state index in [9.17, 15) is 34.2 Å². The van der Waals surface area contributed by atoms with E-state index >= 15 is 0 Å². The Morgan fingerprint density at radius 1 is 0.978 bits per heavy atom. The molecular formula is C35H52O11. The van der Waals surface area contributed by atoms with E-state index in [1.807, 2.05) is 6.92 Å². The average molecular weight is 649 g/mol. The van der Waals surface area contributed by atoms with Crippen LogP contribution < -0.4 is 0 Å². The number of esters is 4. The van der Waals surface area contributed by atoms with Gasteiger partial charge in [0.05, 0.1) is 5.92 Å². The summed E-state index contributed by atoms with van der Waals surface area (Å²) in [6.07, 6.45) is 2.55. The molecule has 46 heavy (non-hydrogen) atoms. The maximum atomic E-state index is 13.4. The van der Waals surface area contributed by atoms with Crippen molar-refractivity contribution >= 4 is 29.7 Å². The number of rotatable bonds is 14. The van der Waals surface area contributed by atoms with Crippen molar-refractivity contribution in [2.24, 2.45) is 11.8 Å². The van der Waals surface area contributed by atoms with Crippen LogP contribution in [0.2, 0.25) is 0 Å². The Kier molecular flexibility index (Phi) is 12.0. The van der Waals surface area contributed by atoms with Crippen molar-refractivity contribution in [2.45, 2.75) is 155 Å². The zero-order valence-electron chi connectivity index (χ0n) is 28.6. The summed E-state index contributed by atoms with van der Waals surface area (Å²) in [6.45, 7) is 12.8. The number of aliphatic hydroxyl groups is 2. The molecule has 0 unspecified atom stereocenters. The van der Waals surface area contributed by atoms with E-state index in [0.29, 0.717) is 24.0 Å². The number of fused-ring (bicyclic) bond motifs is 3. The lowest BCUT2D eigenvalue weighted by atomic mass is 9.68. The summed E-state index contributed by atoms with van der Waals surface area (Å²) in [6, 6.07) is 0. The van der Waals surface area contributed by atoms with E-state index in [0.717, 1.165) is 32.6 Å². The SMILES string of the molecule is C/C=C(/C)C(=O)O[C@H]1C(C)=C2[C@H]([C@@H]1OC(=O)CCCCCCC)[C@@](C)(OC(C)=O)C[C@H](CC(=O)CCC)[C@@]1(O)[C@H]2OC(=O)[C@@]1(C)O. The Balaban J connectivity index is 2.23. The lowest BCUT2D eigenvalue weighted by molar-refractivity contribution is -0.189. The largest absolute Gasteiger partial charge is 0.459 e. The van der Waals surface area contributed by atoms with Crippen LogP contribution in [-0.2, 0) is 42.9 Å². The van der Waals surface area contributed by atoms with Crippen LogP contribution in [-0.4, -0.2) is 75.0 Å². The number of unbranched alkanes of at least 4 members (excludes halogenated alkanes) is 4. The Hall–Kier alpha value is -3.05. The van der Waals surface area contributed by atoms with Crippen LogP contribution in [0.5, 0.6) is 0 Å². The first kappa shape index (κ1) is 37.4. The number of allylic oxidation sites excluding steroid dienone is 1. The van der Waals surface area contributed by atoms with Crippen molar-refractivity contribution < 1.29 is 53.1 Å². The quantitative estimate of drug-likeness (QED) is 0.0890. The molecule has 1 aliphatic heterocycles. The molecule has 1 saturated heterocycles. The maximum Gasteiger partial charge on any atom is 0.341 e. The molecule has 0 amide bonds. The van der Waals surface area contributed by atoms with Crippen molar-refractivity contribution in [3.63, 3.8) is 0 Å². The normalized spacial score (nSPS) is 33.9. The summed E-state index contributed by atoms with van der Waals surface area (Å²) in [5.41, 5.74) is -5.49. The Morgan fingerprint density at radius 3 is 2.22 bits per heavy atom. The number of hydrogen-bond acceptors (Lipinski definition) is 11. The van der Waals surface area contributed by atoms with Gasteiger partial charge < -0.3 is 29.2 Å². The first-order valence-corrected chi connectivity index (χ1v) is 16.6. The van der Waals surface area contributed by atoms with Crippen LogP contribution in [0.4, 0.5) is 0 Å². The molecule has 11 heteroatoms. The van der Waals surface area contributed by atoms with Crippen molar-refractivity contribution in [3.8, 4) is 0 Å². The Morgan fingerprint density at radius 2 is 1.63 bits per heavy atom. The molecule has 3 aliphatic rings. The molecule has 2 N–H and O–H groups in total. The highest BCUT2D eigenvalue weighted by molar-refractivity contribution is 5.88. The molecule has 0 aromatic rings. The van der Waals surface area contributed by atoms with Gasteiger partial charge in [-0.25, -0.2) is 9.59 Å². The highest BCUT2D eigenvalue weighted by Crippen LogP contribution is 2.59. The van der Waals surface area contributed by atoms with Crippen LogP contribution >= 0.6 is 0 Å². The van der Waals surface area contributed by atoms with Gasteiger partial charge in [0.15, 0.2) is 23.9 Å². The van der Waals surface area contributed by atoms with Gasteiger partial charge in [0.1, 0.15) is 17.0 Å². The third kappa shape index (κ3) is 7.10. The minimum Gasteiger partial charge on any atom is -0.459 e. The number of Topliss-reactive ketones (excluding diaryl/α,β-unsaturated/α-hetero) is 1. The van der Waals surface area contributed by atoms with E-state index in [1.165, 1.54) is 6.92 Å². The van der Waals surface area contributed by atoms with E-state index in [2.05, 4.69) is 6.92 Å². The van der Waals surface area contributed by atoms with Gasteiger partial charge in [-0.2, -0.15) is 0 Å². The fraction of sp³-hybridized carbons (Fsp3) is 0.743. The fourth-order valence-corrected chi connectivity index (χ4v) is 7.48. The second-order valence-electron chi connectivity index (χ2n) is 13.5. The lowest BCUT2D eigenvalue weighted by Crippen LogP contribution is -2.61. The van der Waals surface area contributed by atoms with E-state index in [-0.39, 0.29) is 37.0 Å². The highest BCUT2D eigenvalue weighted by Gasteiger charge is 2.74. The third-order valence-electron chi connectivity index (χ3n) is 9.98. The lowest BCUT2D eigenvalue weighted by Gasteiger charge is -2.42. The number of hydrogen-bond donors (Lipinski definition) is 2. The van der Waals surface area contributed by atoms with Gasteiger partial charge in [0, 0.05) is 37.7 Å². The number of carbonyl (C=O) groups is 5. The first-order valence-electron chi connectivity index (χ1n) is 16.6. The standard InChI is InChI=1S/C35H52O11/c1-9-12-13-14-15-17-25(38)43-29-27-26(21(5)28(29)44-31(39)20(4)11-3)30-35(42,34(8,41)32(40)45-30)23(18-24(37)16-10-2)19-33(27,7)46-22(6)36/h11,23,27-30,41-42H,9-10,12-19H2,1-8H3/b20-11-/t23-,27+,28-,29-,30-,33-,34+,35+/m0/s1. The van der Waals surface area contributed by atoms with Crippen LogP contribution in [0.25, 0.3) is 0 Å². The summed E-state index contributed by atoms with van der Waals surface area (Å²) in [7, 11) is 0. The van der Waals surface area contributed by atoms with Gasteiger partial charge in [-0.15, -0.1) is 0 Å². The molecule has 0 radical (unpaired) electrons. The molecule has 1 heterocycles. The second kappa shape index (κ2) is 14.8. The molecule has 0 aromatic heterocycles. The topological polar surface area (TPSA) is 163 Å². The van der Waals surface area contributed by atoms with E-state index < -0.39 is 70.8 Å². The summed E-state index contributed by atoms with van der Waals surface area (Å²) < 4.78 is 23.8. The van der Waals surface area contributed by atoms with Crippen LogP contribution in [0.3, 0.4) is 0 Å². The summed E-state index contributed by atoms with van der Waals surface area (Å²) in [5.74, 6) is -5.36. The number of ether oxygens (including phenoxy) is 4. The van der Waals surface area contributed by atoms with Gasteiger partial charge in [0.25, 0.3) is 0 Å². The molecular weight excluding hydrogens is 596 g/mol. The molecule has 1 saturated carbocycles. The number of carbonyl (C=O) groups excluding carboxylic acids is 5. The predicted molar refractivity (Wildman–Crippen MR) is 167 cm³/mol. The fourth-order valence-electron chi connectivity index (χ4n) is 7.48. The van der Waals surface area contributed by atoms with Gasteiger partial charge in [0.2, 0.25) is 0 Å². The molecule has 0 aromatic carbocycles. The minimum atomic E-state index is -2.45. The number of ketones is 1. The minimum absolute atomic E-state index is 0.103. The van der Waals surface area contributed by atoms with Crippen molar-refractivity contribution in [2.75, 3.05) is 0 Å². The smallest absolute Gasteiger partial charge is 0.341 e. The van der Waals surface area contributed by atoms with Crippen molar-refractivity contribution in [1.82, 2.24) is 0 Å². The zero-order chi connectivity index (χ0) is 34.6. The molecule has 3 rings (SSSR count). The van der Waals surface area contributed by atoms with Crippen LogP contribution in [0.15, 0.2) is 22.8 Å². The molecule has 11 nitrogen and oxygen atoms in total. The molecule has 8 atom stereocenters. The van der Waals surface area contributed by atoms with Crippen LogP contribution in [0.1, 0.15) is 120 Å².